The van der Waals surface area contributed by atoms with Crippen LogP contribution in [0.1, 0.15) is 30.5 Å². The van der Waals surface area contributed by atoms with E-state index < -0.39 is 0 Å². The molecule has 0 bridgehead atoms. The lowest BCUT2D eigenvalue weighted by Crippen LogP contribution is -2.11. The molecule has 0 fully saturated rings. The fourth-order valence-electron chi connectivity index (χ4n) is 2.09. The number of nitrogens with one attached hydrogen (secondary N) is 1. The van der Waals surface area contributed by atoms with Crippen molar-refractivity contribution in [3.05, 3.63) is 63.9 Å². The van der Waals surface area contributed by atoms with Gasteiger partial charge in [-0.2, -0.15) is 0 Å². The van der Waals surface area contributed by atoms with E-state index in [9.17, 15) is 4.39 Å². The Balaban J connectivity index is 2.24. The van der Waals surface area contributed by atoms with Gasteiger partial charge in [0.05, 0.1) is 6.04 Å². The Morgan fingerprint density at radius 1 is 1.21 bits per heavy atom. The van der Waals surface area contributed by atoms with Gasteiger partial charge in [-0.1, -0.05) is 41.1 Å². The number of aryl methyl sites for hydroxylation is 1. The molecule has 2 aromatic carbocycles. The maximum absolute atomic E-state index is 13.8. The molecule has 0 radical (unpaired) electrons. The summed E-state index contributed by atoms with van der Waals surface area (Å²) in [5.74, 6) is -0.157. The summed E-state index contributed by atoms with van der Waals surface area (Å²) in [4.78, 5) is 0. The molecule has 0 amide bonds. The van der Waals surface area contributed by atoms with Gasteiger partial charge in [0.2, 0.25) is 0 Å². The summed E-state index contributed by atoms with van der Waals surface area (Å²) in [5.41, 5.74) is 2.88. The Kier molecular flexibility index (Phi) is 4.59. The van der Waals surface area contributed by atoms with Gasteiger partial charge in [-0.3, -0.25) is 0 Å². The molecule has 1 atom stereocenters. The molecule has 0 aliphatic carbocycles. The summed E-state index contributed by atoms with van der Waals surface area (Å²) in [6, 6.07) is 13.0. The summed E-state index contributed by atoms with van der Waals surface area (Å²) < 4.78 is 14.9. The van der Waals surface area contributed by atoms with E-state index in [0.29, 0.717) is 5.56 Å². The molecule has 0 spiro atoms. The van der Waals surface area contributed by atoms with E-state index in [-0.39, 0.29) is 11.9 Å². The normalized spacial score (nSPS) is 12.2. The molecule has 0 aliphatic rings. The van der Waals surface area contributed by atoms with Gasteiger partial charge in [-0.15, -0.1) is 0 Å². The molecule has 0 saturated heterocycles. The van der Waals surface area contributed by atoms with Gasteiger partial charge in [0.25, 0.3) is 0 Å². The first-order valence-corrected chi connectivity index (χ1v) is 7.18. The highest BCUT2D eigenvalue weighted by atomic mass is 79.9. The average Bonchev–Trinajstić information content (AvgIpc) is 2.41. The minimum Gasteiger partial charge on any atom is -0.378 e. The van der Waals surface area contributed by atoms with Gasteiger partial charge >= 0.3 is 0 Å². The van der Waals surface area contributed by atoms with Gasteiger partial charge in [0, 0.05) is 15.7 Å². The van der Waals surface area contributed by atoms with E-state index in [1.54, 1.807) is 6.07 Å². The fraction of sp³-hybridized carbons (Fsp3) is 0.250. The Morgan fingerprint density at radius 3 is 2.58 bits per heavy atom. The van der Waals surface area contributed by atoms with Crippen LogP contribution in [0.3, 0.4) is 0 Å². The third-order valence-electron chi connectivity index (χ3n) is 3.19. The molecule has 19 heavy (non-hydrogen) atoms. The third-order valence-corrected chi connectivity index (χ3v) is 4.08. The second-order valence-corrected chi connectivity index (χ2v) is 5.44. The molecule has 3 heteroatoms. The molecule has 0 aromatic heterocycles. The molecule has 1 nitrogen and oxygen atoms in total. The van der Waals surface area contributed by atoms with Crippen molar-refractivity contribution in [2.45, 2.75) is 26.3 Å². The molecular formula is C16H17BrFN. The van der Waals surface area contributed by atoms with Gasteiger partial charge in [-0.25, -0.2) is 4.39 Å². The van der Waals surface area contributed by atoms with E-state index >= 15 is 0 Å². The summed E-state index contributed by atoms with van der Waals surface area (Å²) in [6.45, 7) is 4.09. The van der Waals surface area contributed by atoms with E-state index in [2.05, 4.69) is 34.2 Å². The lowest BCUT2D eigenvalue weighted by Gasteiger charge is -2.20. The monoisotopic (exact) mass is 321 g/mol. The van der Waals surface area contributed by atoms with E-state index in [4.69, 9.17) is 0 Å². The predicted octanol–water partition coefficient (Wildman–Crippen LogP) is 5.46. The Morgan fingerprint density at radius 2 is 1.95 bits per heavy atom. The second-order valence-electron chi connectivity index (χ2n) is 4.59. The zero-order valence-electron chi connectivity index (χ0n) is 11.1. The quantitative estimate of drug-likeness (QED) is 0.788. The lowest BCUT2D eigenvalue weighted by molar-refractivity contribution is 0.587. The molecule has 100 valence electrons. The maximum Gasteiger partial charge on any atom is 0.128 e. The highest BCUT2D eigenvalue weighted by molar-refractivity contribution is 9.10. The van der Waals surface area contributed by atoms with Crippen molar-refractivity contribution in [3.8, 4) is 0 Å². The standard InChI is InChI=1S/C16H17BrFN/c1-3-16(13-6-4-5-7-15(13)18)19-12-8-9-14(17)11(2)10-12/h4-10,16,19H,3H2,1-2H3. The third kappa shape index (κ3) is 3.35. The topological polar surface area (TPSA) is 12.0 Å². The first-order valence-electron chi connectivity index (χ1n) is 6.39. The molecule has 0 aliphatic heterocycles. The predicted molar refractivity (Wildman–Crippen MR) is 81.9 cm³/mol. The number of hydrogen-bond acceptors (Lipinski definition) is 1. The SMILES string of the molecule is CCC(Nc1ccc(Br)c(C)c1)c1ccccc1F. The smallest absolute Gasteiger partial charge is 0.128 e. The van der Waals surface area contributed by atoms with E-state index in [1.165, 1.54) is 6.07 Å². The van der Waals surface area contributed by atoms with Gasteiger partial charge in [-0.05, 0) is 43.2 Å². The van der Waals surface area contributed by atoms with Crippen LogP contribution in [-0.2, 0) is 0 Å². The Hall–Kier alpha value is -1.35. The van der Waals surface area contributed by atoms with Gasteiger partial charge in [0.1, 0.15) is 5.82 Å². The number of hydrogen-bond donors (Lipinski definition) is 1. The van der Waals surface area contributed by atoms with Crippen LogP contribution in [0.25, 0.3) is 0 Å². The van der Waals surface area contributed by atoms with Gasteiger partial charge < -0.3 is 5.32 Å². The molecule has 0 heterocycles. The minimum atomic E-state index is -0.157. The highest BCUT2D eigenvalue weighted by Gasteiger charge is 2.13. The van der Waals surface area contributed by atoms with Crippen molar-refractivity contribution < 1.29 is 4.39 Å². The number of benzene rings is 2. The molecular weight excluding hydrogens is 305 g/mol. The van der Waals surface area contributed by atoms with Crippen LogP contribution >= 0.6 is 15.9 Å². The Bertz CT molecular complexity index is 568. The summed E-state index contributed by atoms with van der Waals surface area (Å²) >= 11 is 3.48. The molecule has 0 saturated carbocycles. The first-order chi connectivity index (χ1) is 9.11. The number of anilines is 1. The van der Waals surface area contributed by atoms with E-state index in [0.717, 1.165) is 22.1 Å². The van der Waals surface area contributed by atoms with Crippen molar-refractivity contribution >= 4 is 21.6 Å². The summed E-state index contributed by atoms with van der Waals surface area (Å²) in [5, 5.41) is 3.39. The van der Waals surface area contributed by atoms with Crippen molar-refractivity contribution in [3.63, 3.8) is 0 Å². The molecule has 2 aromatic rings. The van der Waals surface area contributed by atoms with Crippen molar-refractivity contribution in [2.75, 3.05) is 5.32 Å². The van der Waals surface area contributed by atoms with Crippen molar-refractivity contribution in [1.29, 1.82) is 0 Å². The average molecular weight is 322 g/mol. The number of halogens is 2. The van der Waals surface area contributed by atoms with Crippen LogP contribution in [-0.4, -0.2) is 0 Å². The molecule has 1 N–H and O–H groups in total. The Labute approximate surface area is 122 Å². The number of rotatable bonds is 4. The van der Waals surface area contributed by atoms with Crippen molar-refractivity contribution in [2.24, 2.45) is 0 Å². The minimum absolute atomic E-state index is 0.0122. The first kappa shape index (κ1) is 14.1. The van der Waals surface area contributed by atoms with Crippen LogP contribution in [0, 0.1) is 12.7 Å². The van der Waals surface area contributed by atoms with Crippen LogP contribution in [0.2, 0.25) is 0 Å². The van der Waals surface area contributed by atoms with Crippen LogP contribution < -0.4 is 5.32 Å². The largest absolute Gasteiger partial charge is 0.378 e. The van der Waals surface area contributed by atoms with Crippen LogP contribution in [0.5, 0.6) is 0 Å². The highest BCUT2D eigenvalue weighted by Crippen LogP contribution is 2.27. The van der Waals surface area contributed by atoms with E-state index in [1.807, 2.05) is 31.2 Å². The second kappa shape index (κ2) is 6.20. The van der Waals surface area contributed by atoms with Crippen LogP contribution in [0.15, 0.2) is 46.9 Å². The fourth-order valence-corrected chi connectivity index (χ4v) is 2.34. The lowest BCUT2D eigenvalue weighted by atomic mass is 10.0. The zero-order chi connectivity index (χ0) is 13.8. The van der Waals surface area contributed by atoms with Crippen LogP contribution in [0.4, 0.5) is 10.1 Å². The molecule has 1 unspecified atom stereocenters. The van der Waals surface area contributed by atoms with Gasteiger partial charge in [0.15, 0.2) is 0 Å². The summed E-state index contributed by atoms with van der Waals surface area (Å²) in [6.07, 6.45) is 0.829. The maximum atomic E-state index is 13.8. The summed E-state index contributed by atoms with van der Waals surface area (Å²) in [7, 11) is 0. The van der Waals surface area contributed by atoms with Crippen molar-refractivity contribution in [1.82, 2.24) is 0 Å². The molecule has 2 rings (SSSR count). The zero-order valence-corrected chi connectivity index (χ0v) is 12.7.